The van der Waals surface area contributed by atoms with Crippen LogP contribution in [0.1, 0.15) is 239 Å². The van der Waals surface area contributed by atoms with Gasteiger partial charge in [0.1, 0.15) is 6.61 Å². The smallest absolute Gasteiger partial charge is 0.362 e. The molecule has 0 heterocycles. The molecule has 0 aliphatic carbocycles. The molecule has 0 fully saturated rings. The maximum atomic E-state index is 12.8. The molecule has 68 heavy (non-hydrogen) atoms. The van der Waals surface area contributed by atoms with Crippen molar-refractivity contribution in [2.45, 2.75) is 251 Å². The Bertz CT molecular complexity index is 1340. The summed E-state index contributed by atoms with van der Waals surface area (Å²) < 4.78 is 17.4. The highest BCUT2D eigenvalue weighted by molar-refractivity contribution is 5.72. The molecule has 2 atom stereocenters. The summed E-state index contributed by atoms with van der Waals surface area (Å²) in [6.45, 7) is 4.63. The van der Waals surface area contributed by atoms with E-state index in [-0.39, 0.29) is 36.2 Å². The number of quaternary nitrogens is 1. The first-order valence-corrected chi connectivity index (χ1v) is 28.0. The average molecular weight is 954 g/mol. The van der Waals surface area contributed by atoms with Crippen molar-refractivity contribution in [1.29, 1.82) is 0 Å². The van der Waals surface area contributed by atoms with Gasteiger partial charge in [-0.15, -0.1) is 0 Å². The average Bonchev–Trinajstić information content (AvgIpc) is 3.30. The van der Waals surface area contributed by atoms with Crippen LogP contribution in [0.15, 0.2) is 72.9 Å². The van der Waals surface area contributed by atoms with E-state index in [0.717, 1.165) is 83.5 Å². The first kappa shape index (κ1) is 64.8. The van der Waals surface area contributed by atoms with E-state index >= 15 is 0 Å². The Labute approximate surface area is 419 Å². The first-order valence-electron chi connectivity index (χ1n) is 28.0. The molecule has 0 spiro atoms. The number of carboxylic acid groups (broad SMARTS) is 1. The van der Waals surface area contributed by atoms with E-state index in [1.54, 1.807) is 0 Å². The SMILES string of the molecule is CC/C=C/C/C=C/C/C=C/C/C=C/C/C=C/CCCCCCCCC(=O)OCC(COCCC(C(=O)O)[N+](C)(C)C)OC(=O)CCCCCCCCC/C=C/CCCCCCCCCCCCC. The lowest BCUT2D eigenvalue weighted by Crippen LogP contribution is -2.50. The van der Waals surface area contributed by atoms with Gasteiger partial charge in [0.2, 0.25) is 0 Å². The van der Waals surface area contributed by atoms with Crippen molar-refractivity contribution in [2.75, 3.05) is 41.0 Å². The van der Waals surface area contributed by atoms with E-state index < -0.39 is 18.1 Å². The molecule has 0 aliphatic rings. The lowest BCUT2D eigenvalue weighted by atomic mass is 10.0. The summed E-state index contributed by atoms with van der Waals surface area (Å²) in [5.41, 5.74) is 0. The summed E-state index contributed by atoms with van der Waals surface area (Å²) in [5, 5.41) is 9.67. The molecule has 1 N–H and O–H groups in total. The number of nitrogens with zero attached hydrogens (tertiary/aromatic N) is 1. The van der Waals surface area contributed by atoms with Crippen molar-refractivity contribution in [1.82, 2.24) is 0 Å². The maximum absolute atomic E-state index is 12.8. The normalized spacial score (nSPS) is 13.4. The number of rotatable bonds is 50. The zero-order valence-corrected chi connectivity index (χ0v) is 44.8. The molecule has 392 valence electrons. The van der Waals surface area contributed by atoms with Gasteiger partial charge in [0, 0.05) is 19.3 Å². The molecule has 0 amide bonds. The molecule has 0 aromatic carbocycles. The molecule has 8 heteroatoms. The fourth-order valence-electron chi connectivity index (χ4n) is 8.06. The molecule has 0 radical (unpaired) electrons. The van der Waals surface area contributed by atoms with Crippen molar-refractivity contribution < 1.29 is 38.2 Å². The predicted molar refractivity (Wildman–Crippen MR) is 289 cm³/mol. The van der Waals surface area contributed by atoms with Gasteiger partial charge in [-0.3, -0.25) is 9.59 Å². The standard InChI is InChI=1S/C60H105NO7/c1-6-8-10-12-14-16-18-20-22-24-26-28-30-32-34-36-38-40-42-44-46-48-50-58(62)67-55-56(54-66-53-52-57(60(64)65)61(3,4)5)68-59(63)51-49-47-45-43-41-39-37-35-33-31-29-27-25-23-21-19-17-15-13-11-9-7-2/h8,10,14,16,20,22,26,28,31-34,56-57H,6-7,9,11-13,15,17-19,21,23-25,27,29-30,35-55H2,1-5H3/p+1/b10-8+,16-14+,22-20+,28-26+,33-31+,34-32+. The van der Waals surface area contributed by atoms with Crippen molar-refractivity contribution in [3.63, 3.8) is 0 Å². The molecule has 8 nitrogen and oxygen atoms in total. The number of esters is 2. The number of carbonyl (C=O) groups is 3. The number of ether oxygens (including phenoxy) is 3. The van der Waals surface area contributed by atoms with Gasteiger partial charge in [-0.2, -0.15) is 0 Å². The van der Waals surface area contributed by atoms with Gasteiger partial charge in [0.25, 0.3) is 0 Å². The number of aliphatic carboxylic acids is 1. The highest BCUT2D eigenvalue weighted by atomic mass is 16.6. The Morgan fingerprint density at radius 2 is 0.824 bits per heavy atom. The van der Waals surface area contributed by atoms with Crippen LogP contribution >= 0.6 is 0 Å². The minimum Gasteiger partial charge on any atom is -0.477 e. The number of carbonyl (C=O) groups excluding carboxylic acids is 2. The van der Waals surface area contributed by atoms with E-state index in [9.17, 15) is 19.5 Å². The lowest BCUT2D eigenvalue weighted by Gasteiger charge is -2.31. The Kier molecular flexibility index (Phi) is 47.8. The number of hydrogen-bond donors (Lipinski definition) is 1. The maximum Gasteiger partial charge on any atom is 0.362 e. The molecule has 0 bridgehead atoms. The van der Waals surface area contributed by atoms with Gasteiger partial charge in [-0.05, 0) is 83.5 Å². The monoisotopic (exact) mass is 953 g/mol. The number of hydrogen-bond acceptors (Lipinski definition) is 6. The summed E-state index contributed by atoms with van der Waals surface area (Å²) >= 11 is 0. The van der Waals surface area contributed by atoms with E-state index in [2.05, 4.69) is 86.8 Å². The Morgan fingerprint density at radius 1 is 0.456 bits per heavy atom. The second-order valence-electron chi connectivity index (χ2n) is 19.8. The van der Waals surface area contributed by atoms with Crippen LogP contribution < -0.4 is 0 Å². The molecule has 0 aromatic heterocycles. The largest absolute Gasteiger partial charge is 0.477 e. The molecule has 2 unspecified atom stereocenters. The lowest BCUT2D eigenvalue weighted by molar-refractivity contribution is -0.887. The van der Waals surface area contributed by atoms with Crippen LogP contribution in [0.4, 0.5) is 0 Å². The topological polar surface area (TPSA) is 99.1 Å². The quantitative estimate of drug-likeness (QED) is 0.0281. The van der Waals surface area contributed by atoms with Crippen LogP contribution in [0.2, 0.25) is 0 Å². The van der Waals surface area contributed by atoms with E-state index in [1.165, 1.54) is 122 Å². The highest BCUT2D eigenvalue weighted by Gasteiger charge is 2.31. The Morgan fingerprint density at radius 3 is 1.24 bits per heavy atom. The molecule has 0 aliphatic heterocycles. The first-order chi connectivity index (χ1) is 33.1. The molecule has 0 aromatic rings. The zero-order chi connectivity index (χ0) is 49.9. The predicted octanol–water partition coefficient (Wildman–Crippen LogP) is 16.6. The van der Waals surface area contributed by atoms with E-state index in [4.69, 9.17) is 14.2 Å². The van der Waals surface area contributed by atoms with E-state index in [1.807, 2.05) is 21.1 Å². The summed E-state index contributed by atoms with van der Waals surface area (Å²) in [4.78, 5) is 37.3. The Hall–Kier alpha value is -3.23. The van der Waals surface area contributed by atoms with Crippen molar-refractivity contribution in [3.8, 4) is 0 Å². The third-order valence-electron chi connectivity index (χ3n) is 12.3. The van der Waals surface area contributed by atoms with Crippen LogP contribution in [0.25, 0.3) is 0 Å². The third-order valence-corrected chi connectivity index (χ3v) is 12.3. The van der Waals surface area contributed by atoms with Gasteiger partial charge in [-0.25, -0.2) is 4.79 Å². The van der Waals surface area contributed by atoms with Gasteiger partial charge >= 0.3 is 17.9 Å². The van der Waals surface area contributed by atoms with Crippen molar-refractivity contribution in [3.05, 3.63) is 72.9 Å². The number of likely N-dealkylation sites (N-methyl/N-ethyl adjacent to an activating group) is 1. The summed E-state index contributed by atoms with van der Waals surface area (Å²) in [6, 6.07) is -0.622. The summed E-state index contributed by atoms with van der Waals surface area (Å²) in [5.74, 6) is -1.49. The number of carboxylic acids is 1. The van der Waals surface area contributed by atoms with Gasteiger partial charge < -0.3 is 23.8 Å². The van der Waals surface area contributed by atoms with Crippen LogP contribution in [-0.2, 0) is 28.6 Å². The van der Waals surface area contributed by atoms with Crippen molar-refractivity contribution >= 4 is 17.9 Å². The van der Waals surface area contributed by atoms with Crippen LogP contribution in [0, 0.1) is 0 Å². The van der Waals surface area contributed by atoms with Crippen LogP contribution in [0.5, 0.6) is 0 Å². The molecule has 0 saturated heterocycles. The van der Waals surface area contributed by atoms with E-state index in [0.29, 0.717) is 19.3 Å². The molecule has 0 saturated carbocycles. The van der Waals surface area contributed by atoms with Crippen LogP contribution in [-0.4, -0.2) is 80.6 Å². The molecular weight excluding hydrogens is 847 g/mol. The zero-order valence-electron chi connectivity index (χ0n) is 44.8. The fraction of sp³-hybridized carbons (Fsp3) is 0.750. The highest BCUT2D eigenvalue weighted by Crippen LogP contribution is 2.15. The summed E-state index contributed by atoms with van der Waals surface area (Å²) in [7, 11) is 5.53. The molecule has 0 rings (SSSR count). The third kappa shape index (κ3) is 47.8. The summed E-state index contributed by atoms with van der Waals surface area (Å²) in [6.07, 6.45) is 65.3. The Balaban J connectivity index is 4.24. The minimum atomic E-state index is -0.878. The van der Waals surface area contributed by atoms with Gasteiger partial charge in [0.05, 0.1) is 34.4 Å². The number of allylic oxidation sites excluding steroid dienone is 12. The van der Waals surface area contributed by atoms with Crippen molar-refractivity contribution in [2.24, 2.45) is 0 Å². The van der Waals surface area contributed by atoms with Gasteiger partial charge in [0.15, 0.2) is 12.1 Å². The van der Waals surface area contributed by atoms with Crippen LogP contribution in [0.3, 0.4) is 0 Å². The second kappa shape index (κ2) is 50.2. The fourth-order valence-corrected chi connectivity index (χ4v) is 8.06. The van der Waals surface area contributed by atoms with Gasteiger partial charge in [-0.1, -0.05) is 209 Å². The molecular formula is C60H106NO7+. The number of unbranched alkanes of at least 4 members (excludes halogenated alkanes) is 24. The minimum absolute atomic E-state index is 0.0523. The second-order valence-corrected chi connectivity index (χ2v) is 19.8.